The van der Waals surface area contributed by atoms with E-state index in [-0.39, 0.29) is 5.91 Å². The third-order valence-corrected chi connectivity index (χ3v) is 3.29. The summed E-state index contributed by atoms with van der Waals surface area (Å²) in [5.41, 5.74) is 0.510. The van der Waals surface area contributed by atoms with E-state index in [4.69, 9.17) is 0 Å². The fraction of sp³-hybridized carbons (Fsp3) is 0.455. The van der Waals surface area contributed by atoms with Crippen LogP contribution in [-0.2, 0) is 0 Å². The summed E-state index contributed by atoms with van der Waals surface area (Å²) in [6.45, 7) is 2.08. The topological polar surface area (TPSA) is 54.0 Å². The predicted molar refractivity (Wildman–Crippen MR) is 55.3 cm³/mol. The maximum absolute atomic E-state index is 11.7. The molecule has 4 nitrogen and oxygen atoms in total. The van der Waals surface area contributed by atoms with E-state index in [0.717, 1.165) is 13.1 Å². The van der Waals surface area contributed by atoms with Gasteiger partial charge in [-0.05, 0) is 24.0 Å². The number of pyridine rings is 1. The lowest BCUT2D eigenvalue weighted by Gasteiger charge is -2.06. The molecule has 78 valence electrons. The summed E-state index contributed by atoms with van der Waals surface area (Å²) in [5.74, 6) is 1.25. The minimum absolute atomic E-state index is 0.0463. The van der Waals surface area contributed by atoms with Gasteiger partial charge in [0, 0.05) is 25.3 Å². The minimum Gasteiger partial charge on any atom is -0.347 e. The lowest BCUT2D eigenvalue weighted by molar-refractivity contribution is 0.0941. The number of carbonyl (C=O) groups excluding carboxylic acids is 1. The zero-order chi connectivity index (χ0) is 10.3. The highest BCUT2D eigenvalue weighted by Gasteiger charge is 2.53. The fourth-order valence-electron chi connectivity index (χ4n) is 2.35. The van der Waals surface area contributed by atoms with Gasteiger partial charge in [-0.3, -0.25) is 9.78 Å². The molecule has 3 rings (SSSR count). The van der Waals surface area contributed by atoms with Gasteiger partial charge in [-0.25, -0.2) is 0 Å². The van der Waals surface area contributed by atoms with Gasteiger partial charge in [-0.1, -0.05) is 6.07 Å². The van der Waals surface area contributed by atoms with Crippen LogP contribution in [0.3, 0.4) is 0 Å². The van der Waals surface area contributed by atoms with E-state index in [1.54, 1.807) is 12.3 Å². The van der Waals surface area contributed by atoms with Gasteiger partial charge in [-0.2, -0.15) is 0 Å². The van der Waals surface area contributed by atoms with Crippen LogP contribution in [0.25, 0.3) is 0 Å². The van der Waals surface area contributed by atoms with Gasteiger partial charge in [0.05, 0.1) is 0 Å². The molecule has 15 heavy (non-hydrogen) atoms. The van der Waals surface area contributed by atoms with Gasteiger partial charge in [-0.15, -0.1) is 0 Å². The summed E-state index contributed by atoms with van der Waals surface area (Å²) in [6, 6.07) is 5.76. The van der Waals surface area contributed by atoms with Gasteiger partial charge < -0.3 is 10.6 Å². The molecule has 2 unspecified atom stereocenters. The molecule has 1 aromatic rings. The standard InChI is InChI=1S/C11H13N3O/c15-11(9-3-1-2-4-13-9)14-10-7-5-12-6-8(7)10/h1-4,7-8,10,12H,5-6H2,(H,14,15). The molecule has 1 saturated carbocycles. The summed E-state index contributed by atoms with van der Waals surface area (Å²) in [5, 5.41) is 6.33. The van der Waals surface area contributed by atoms with E-state index >= 15 is 0 Å². The van der Waals surface area contributed by atoms with E-state index in [1.807, 2.05) is 12.1 Å². The molecule has 1 amide bonds. The summed E-state index contributed by atoms with van der Waals surface area (Å²) < 4.78 is 0. The van der Waals surface area contributed by atoms with Crippen LogP contribution >= 0.6 is 0 Å². The Balaban J connectivity index is 1.63. The van der Waals surface area contributed by atoms with Crippen molar-refractivity contribution in [3.05, 3.63) is 30.1 Å². The van der Waals surface area contributed by atoms with Crippen LogP contribution in [0.4, 0.5) is 0 Å². The van der Waals surface area contributed by atoms with Gasteiger partial charge in [0.15, 0.2) is 0 Å². The van der Waals surface area contributed by atoms with Gasteiger partial charge >= 0.3 is 0 Å². The number of amides is 1. The van der Waals surface area contributed by atoms with E-state index in [1.165, 1.54) is 0 Å². The lowest BCUT2D eigenvalue weighted by atomic mass is 10.3. The second-order valence-corrected chi connectivity index (χ2v) is 4.20. The number of carbonyl (C=O) groups is 1. The lowest BCUT2D eigenvalue weighted by Crippen LogP contribution is -2.32. The van der Waals surface area contributed by atoms with E-state index in [9.17, 15) is 4.79 Å². The highest BCUT2D eigenvalue weighted by atomic mass is 16.2. The first-order valence-corrected chi connectivity index (χ1v) is 5.29. The third kappa shape index (κ3) is 1.51. The molecule has 2 fully saturated rings. The zero-order valence-electron chi connectivity index (χ0n) is 8.31. The normalized spacial score (nSPS) is 32.1. The van der Waals surface area contributed by atoms with Gasteiger partial charge in [0.25, 0.3) is 5.91 Å². The third-order valence-electron chi connectivity index (χ3n) is 3.29. The van der Waals surface area contributed by atoms with Crippen molar-refractivity contribution in [3.8, 4) is 0 Å². The Bertz CT molecular complexity index is 369. The maximum Gasteiger partial charge on any atom is 0.270 e. The van der Waals surface area contributed by atoms with Crippen LogP contribution in [0.1, 0.15) is 10.5 Å². The van der Waals surface area contributed by atoms with Crippen molar-refractivity contribution < 1.29 is 4.79 Å². The monoisotopic (exact) mass is 203 g/mol. The number of nitrogens with zero attached hydrogens (tertiary/aromatic N) is 1. The summed E-state index contributed by atoms with van der Waals surface area (Å²) in [7, 11) is 0. The molecule has 2 heterocycles. The molecule has 0 spiro atoms. The summed E-state index contributed by atoms with van der Waals surface area (Å²) in [6.07, 6.45) is 1.64. The first-order chi connectivity index (χ1) is 7.36. The first kappa shape index (κ1) is 8.85. The second-order valence-electron chi connectivity index (χ2n) is 4.20. The highest BCUT2D eigenvalue weighted by Crippen LogP contribution is 2.41. The number of piperidine rings is 1. The van der Waals surface area contributed by atoms with Crippen molar-refractivity contribution in [2.45, 2.75) is 6.04 Å². The molecular formula is C11H13N3O. The Morgan fingerprint density at radius 3 is 2.87 bits per heavy atom. The Morgan fingerprint density at radius 2 is 2.20 bits per heavy atom. The van der Waals surface area contributed by atoms with Crippen LogP contribution in [0, 0.1) is 11.8 Å². The van der Waals surface area contributed by atoms with Crippen molar-refractivity contribution in [1.82, 2.24) is 15.6 Å². The molecule has 1 saturated heterocycles. The molecular weight excluding hydrogens is 190 g/mol. The van der Waals surface area contributed by atoms with Crippen LogP contribution < -0.4 is 10.6 Å². The van der Waals surface area contributed by atoms with E-state index < -0.39 is 0 Å². The first-order valence-electron chi connectivity index (χ1n) is 5.29. The second kappa shape index (κ2) is 3.31. The number of aromatic nitrogens is 1. The molecule has 1 aromatic heterocycles. The van der Waals surface area contributed by atoms with Crippen molar-refractivity contribution in [1.29, 1.82) is 0 Å². The van der Waals surface area contributed by atoms with E-state index in [0.29, 0.717) is 23.6 Å². The average Bonchev–Trinajstić information content (AvgIpc) is 2.75. The molecule has 2 N–H and O–H groups in total. The minimum atomic E-state index is -0.0463. The Labute approximate surface area is 88.1 Å². The number of rotatable bonds is 2. The van der Waals surface area contributed by atoms with Crippen molar-refractivity contribution >= 4 is 5.91 Å². The fourth-order valence-corrected chi connectivity index (χ4v) is 2.35. The Kier molecular flexibility index (Phi) is 1.95. The van der Waals surface area contributed by atoms with Crippen LogP contribution in [-0.4, -0.2) is 30.0 Å². The summed E-state index contributed by atoms with van der Waals surface area (Å²) in [4.78, 5) is 15.8. The summed E-state index contributed by atoms with van der Waals surface area (Å²) >= 11 is 0. The average molecular weight is 203 g/mol. The molecule has 2 atom stereocenters. The largest absolute Gasteiger partial charge is 0.347 e. The Morgan fingerprint density at radius 1 is 1.40 bits per heavy atom. The van der Waals surface area contributed by atoms with Crippen molar-refractivity contribution in [2.24, 2.45) is 11.8 Å². The van der Waals surface area contributed by atoms with Crippen LogP contribution in [0.15, 0.2) is 24.4 Å². The van der Waals surface area contributed by atoms with Crippen LogP contribution in [0.5, 0.6) is 0 Å². The highest BCUT2D eigenvalue weighted by molar-refractivity contribution is 5.92. The maximum atomic E-state index is 11.7. The van der Waals surface area contributed by atoms with Gasteiger partial charge in [0.2, 0.25) is 0 Å². The molecule has 4 heteroatoms. The van der Waals surface area contributed by atoms with E-state index in [2.05, 4.69) is 15.6 Å². The SMILES string of the molecule is O=C(NC1C2CNCC21)c1ccccn1. The molecule has 0 aromatic carbocycles. The molecule has 0 radical (unpaired) electrons. The Hall–Kier alpha value is -1.42. The molecule has 0 bridgehead atoms. The molecule has 1 aliphatic heterocycles. The smallest absolute Gasteiger partial charge is 0.270 e. The van der Waals surface area contributed by atoms with Gasteiger partial charge in [0.1, 0.15) is 5.69 Å². The van der Waals surface area contributed by atoms with Crippen molar-refractivity contribution in [3.63, 3.8) is 0 Å². The van der Waals surface area contributed by atoms with Crippen molar-refractivity contribution in [2.75, 3.05) is 13.1 Å². The number of fused-ring (bicyclic) bond motifs is 1. The number of hydrogen-bond acceptors (Lipinski definition) is 3. The molecule has 2 aliphatic rings. The molecule has 1 aliphatic carbocycles. The number of nitrogens with one attached hydrogen (secondary N) is 2. The predicted octanol–water partition coefficient (Wildman–Crippen LogP) is 0.0292. The number of hydrogen-bond donors (Lipinski definition) is 2. The zero-order valence-corrected chi connectivity index (χ0v) is 8.31. The van der Waals surface area contributed by atoms with Crippen LogP contribution in [0.2, 0.25) is 0 Å². The quantitative estimate of drug-likeness (QED) is 0.713.